The second-order valence-electron chi connectivity index (χ2n) is 6.16. The van der Waals surface area contributed by atoms with Crippen LogP contribution in [0, 0.1) is 0 Å². The molecule has 0 fully saturated rings. The van der Waals surface area contributed by atoms with Crippen LogP contribution in [0.2, 0.25) is 0 Å². The molecule has 2 N–H and O–H groups in total. The third kappa shape index (κ3) is 4.46. The largest absolute Gasteiger partial charge is 0.351 e. The molecule has 0 atom stereocenters. The Kier molecular flexibility index (Phi) is 5.50. The van der Waals surface area contributed by atoms with Crippen molar-refractivity contribution in [3.8, 4) is 0 Å². The summed E-state index contributed by atoms with van der Waals surface area (Å²) in [6, 6.07) is 14.2. The monoisotopic (exact) mass is 358 g/mol. The molecule has 25 heavy (non-hydrogen) atoms. The number of aryl methyl sites for hydroxylation is 2. The minimum absolute atomic E-state index is 0.151. The van der Waals surface area contributed by atoms with Gasteiger partial charge >= 0.3 is 0 Å². The maximum atomic E-state index is 12.4. The van der Waals surface area contributed by atoms with Crippen LogP contribution in [0.25, 0.3) is 0 Å². The van der Waals surface area contributed by atoms with Crippen molar-refractivity contribution >= 4 is 15.9 Å². The van der Waals surface area contributed by atoms with Gasteiger partial charge in [-0.05, 0) is 61.1 Å². The first-order valence-corrected chi connectivity index (χ1v) is 9.99. The van der Waals surface area contributed by atoms with Crippen molar-refractivity contribution in [3.05, 3.63) is 65.2 Å². The van der Waals surface area contributed by atoms with Crippen molar-refractivity contribution < 1.29 is 13.2 Å². The van der Waals surface area contributed by atoms with Gasteiger partial charge in [0.1, 0.15) is 0 Å². The lowest BCUT2D eigenvalue weighted by molar-refractivity contribution is 0.0954. The lowest BCUT2D eigenvalue weighted by Gasteiger charge is -2.16. The average Bonchev–Trinajstić information content (AvgIpc) is 2.65. The molecule has 0 unspecified atom stereocenters. The zero-order valence-electron chi connectivity index (χ0n) is 14.0. The smallest absolute Gasteiger partial charge is 0.251 e. The van der Waals surface area contributed by atoms with Gasteiger partial charge in [0.25, 0.3) is 5.91 Å². The molecule has 5 nitrogen and oxygen atoms in total. The summed E-state index contributed by atoms with van der Waals surface area (Å²) in [4.78, 5) is 12.2. The van der Waals surface area contributed by atoms with E-state index in [1.54, 1.807) is 36.4 Å². The highest BCUT2D eigenvalue weighted by Crippen LogP contribution is 2.23. The zero-order valence-corrected chi connectivity index (χ0v) is 14.8. The lowest BCUT2D eigenvalue weighted by atomic mass is 9.92. The summed E-state index contributed by atoms with van der Waals surface area (Å²) in [5.41, 5.74) is 2.94. The quantitative estimate of drug-likeness (QED) is 0.778. The highest BCUT2D eigenvalue weighted by atomic mass is 32.2. The summed E-state index contributed by atoms with van der Waals surface area (Å²) in [5.74, 6) is -0.214. The minimum atomic E-state index is -3.56. The van der Waals surface area contributed by atoms with Crippen molar-refractivity contribution in [2.45, 2.75) is 30.6 Å². The van der Waals surface area contributed by atoms with Crippen LogP contribution < -0.4 is 10.0 Å². The molecule has 0 aromatic heterocycles. The van der Waals surface area contributed by atoms with E-state index in [0.717, 1.165) is 24.8 Å². The van der Waals surface area contributed by atoms with Gasteiger partial charge in [0.05, 0.1) is 4.90 Å². The van der Waals surface area contributed by atoms with Gasteiger partial charge in [-0.25, -0.2) is 13.1 Å². The van der Waals surface area contributed by atoms with Crippen LogP contribution in [0.3, 0.4) is 0 Å². The number of carbonyl (C=O) groups is 1. The molecule has 1 aliphatic rings. The normalized spacial score (nSPS) is 13.9. The third-order valence-electron chi connectivity index (χ3n) is 4.37. The molecule has 132 valence electrons. The van der Waals surface area contributed by atoms with Gasteiger partial charge in [0.15, 0.2) is 0 Å². The van der Waals surface area contributed by atoms with E-state index in [4.69, 9.17) is 0 Å². The van der Waals surface area contributed by atoms with E-state index < -0.39 is 10.0 Å². The summed E-state index contributed by atoms with van der Waals surface area (Å²) in [6.07, 6.45) is 4.23. The highest BCUT2D eigenvalue weighted by molar-refractivity contribution is 7.89. The van der Waals surface area contributed by atoms with Crippen LogP contribution in [0.5, 0.6) is 0 Å². The average molecular weight is 358 g/mol. The molecule has 2 aromatic rings. The first-order valence-electron chi connectivity index (χ1n) is 8.51. The predicted molar refractivity (Wildman–Crippen MR) is 97.0 cm³/mol. The van der Waals surface area contributed by atoms with E-state index >= 15 is 0 Å². The lowest BCUT2D eigenvalue weighted by Crippen LogP contribution is -2.34. The summed E-state index contributed by atoms with van der Waals surface area (Å²) in [6.45, 7) is 0.385. The van der Waals surface area contributed by atoms with Crippen LogP contribution in [0.4, 0.5) is 0 Å². The fourth-order valence-corrected chi connectivity index (χ4v) is 4.10. The fraction of sp³-hybridized carbons (Fsp3) is 0.316. The topological polar surface area (TPSA) is 75.3 Å². The Hall–Kier alpha value is -2.18. The number of fused-ring (bicyclic) bond motifs is 1. The number of carbonyl (C=O) groups excluding carboxylic acids is 1. The van der Waals surface area contributed by atoms with E-state index in [-0.39, 0.29) is 19.0 Å². The molecule has 0 saturated heterocycles. The second-order valence-corrected chi connectivity index (χ2v) is 7.92. The first kappa shape index (κ1) is 17.6. The van der Waals surface area contributed by atoms with Crippen molar-refractivity contribution in [2.75, 3.05) is 13.1 Å². The molecule has 0 radical (unpaired) electrons. The van der Waals surface area contributed by atoms with E-state index in [2.05, 4.69) is 10.0 Å². The summed E-state index contributed by atoms with van der Waals surface area (Å²) >= 11 is 0. The number of rotatable bonds is 6. The molecule has 6 heteroatoms. The van der Waals surface area contributed by atoms with Crippen LogP contribution >= 0.6 is 0 Å². The van der Waals surface area contributed by atoms with Crippen molar-refractivity contribution in [1.29, 1.82) is 0 Å². The maximum Gasteiger partial charge on any atom is 0.251 e. The molecule has 0 aliphatic heterocycles. The van der Waals surface area contributed by atoms with Gasteiger partial charge in [-0.2, -0.15) is 0 Å². The molecule has 0 saturated carbocycles. The number of nitrogens with one attached hydrogen (secondary N) is 2. The maximum absolute atomic E-state index is 12.4. The molecule has 1 aliphatic carbocycles. The van der Waals surface area contributed by atoms with E-state index in [9.17, 15) is 13.2 Å². The van der Waals surface area contributed by atoms with E-state index in [0.29, 0.717) is 10.5 Å². The minimum Gasteiger partial charge on any atom is -0.351 e. The highest BCUT2D eigenvalue weighted by Gasteiger charge is 2.17. The molecule has 3 rings (SSSR count). The van der Waals surface area contributed by atoms with Gasteiger partial charge in [-0.15, -0.1) is 0 Å². The van der Waals surface area contributed by atoms with Crippen LogP contribution in [-0.2, 0) is 22.9 Å². The van der Waals surface area contributed by atoms with Crippen molar-refractivity contribution in [1.82, 2.24) is 10.0 Å². The molecular formula is C19H22N2O3S. The molecule has 0 bridgehead atoms. The van der Waals surface area contributed by atoms with Gasteiger partial charge in [0.2, 0.25) is 10.0 Å². The van der Waals surface area contributed by atoms with Crippen LogP contribution in [0.15, 0.2) is 53.4 Å². The fourth-order valence-electron chi connectivity index (χ4n) is 3.01. The Morgan fingerprint density at radius 3 is 2.40 bits per heavy atom. The van der Waals surface area contributed by atoms with E-state index in [1.807, 2.05) is 12.1 Å². The Morgan fingerprint density at radius 1 is 0.920 bits per heavy atom. The predicted octanol–water partition coefficient (Wildman–Crippen LogP) is 2.27. The van der Waals surface area contributed by atoms with Gasteiger partial charge < -0.3 is 5.32 Å². The summed E-state index contributed by atoms with van der Waals surface area (Å²) in [7, 11) is -3.56. The van der Waals surface area contributed by atoms with E-state index in [1.165, 1.54) is 12.0 Å². The van der Waals surface area contributed by atoms with Crippen molar-refractivity contribution in [2.24, 2.45) is 0 Å². The molecular weight excluding hydrogens is 336 g/mol. The molecule has 1 amide bonds. The van der Waals surface area contributed by atoms with Crippen LogP contribution in [0.1, 0.15) is 34.3 Å². The Morgan fingerprint density at radius 2 is 1.64 bits per heavy atom. The molecule has 0 spiro atoms. The standard InChI is InChI=1S/C19H22N2O3S/c22-19(16-7-2-1-3-8-16)20-12-13-21-25(23,24)18-11-10-15-6-4-5-9-17(15)14-18/h1-3,7-8,10-11,14,21H,4-6,9,12-13H2,(H,20,22). The number of sulfonamides is 1. The molecule has 2 aromatic carbocycles. The number of benzene rings is 2. The van der Waals surface area contributed by atoms with Crippen LogP contribution in [-0.4, -0.2) is 27.4 Å². The number of hydrogen-bond donors (Lipinski definition) is 2. The SMILES string of the molecule is O=C(NCCNS(=O)(=O)c1ccc2c(c1)CCCC2)c1ccccc1. The Labute approximate surface area is 148 Å². The number of hydrogen-bond acceptors (Lipinski definition) is 3. The summed E-state index contributed by atoms with van der Waals surface area (Å²) in [5, 5.41) is 2.71. The van der Waals surface area contributed by atoms with Gasteiger partial charge in [-0.1, -0.05) is 24.3 Å². The Balaban J connectivity index is 1.54. The van der Waals surface area contributed by atoms with Gasteiger partial charge in [-0.3, -0.25) is 4.79 Å². The molecule has 0 heterocycles. The third-order valence-corrected chi connectivity index (χ3v) is 5.83. The number of amides is 1. The van der Waals surface area contributed by atoms with Gasteiger partial charge in [0, 0.05) is 18.7 Å². The first-order chi connectivity index (χ1) is 12.1. The van der Waals surface area contributed by atoms with Crippen molar-refractivity contribution in [3.63, 3.8) is 0 Å². The second kappa shape index (κ2) is 7.80. The Bertz CT molecular complexity index is 848. The zero-order chi connectivity index (χ0) is 17.7. The summed E-state index contributed by atoms with van der Waals surface area (Å²) < 4.78 is 27.4.